The fourth-order valence-electron chi connectivity index (χ4n) is 4.07. The lowest BCUT2D eigenvalue weighted by Gasteiger charge is -2.35. The summed E-state index contributed by atoms with van der Waals surface area (Å²) in [7, 11) is 1.68. The van der Waals surface area contributed by atoms with Gasteiger partial charge in [-0.05, 0) is 50.0 Å². The topological polar surface area (TPSA) is 41.6 Å². The van der Waals surface area contributed by atoms with Gasteiger partial charge in [-0.15, -0.1) is 0 Å². The van der Waals surface area contributed by atoms with Crippen molar-refractivity contribution in [3.63, 3.8) is 0 Å². The van der Waals surface area contributed by atoms with Crippen LogP contribution in [0, 0.1) is 11.7 Å². The molecule has 2 aromatic rings. The van der Waals surface area contributed by atoms with Gasteiger partial charge in [0.05, 0.1) is 13.2 Å². The van der Waals surface area contributed by atoms with Crippen LogP contribution in [0.15, 0.2) is 48.5 Å². The number of ether oxygens (including phenoxy) is 1. The van der Waals surface area contributed by atoms with E-state index in [0.29, 0.717) is 18.5 Å². The van der Waals surface area contributed by atoms with Crippen molar-refractivity contribution < 1.29 is 13.9 Å². The predicted octanol–water partition coefficient (Wildman–Crippen LogP) is 4.36. The van der Waals surface area contributed by atoms with Crippen molar-refractivity contribution in [3.8, 4) is 5.75 Å². The number of likely N-dealkylation sites (tertiary alicyclic amines) is 1. The smallest absolute Gasteiger partial charge is 0.223 e. The average Bonchev–Trinajstić information content (AvgIpc) is 2.76. The van der Waals surface area contributed by atoms with E-state index in [2.05, 4.69) is 16.3 Å². The Labute approximate surface area is 173 Å². The van der Waals surface area contributed by atoms with Crippen LogP contribution in [0.3, 0.4) is 0 Å². The number of benzene rings is 2. The fourth-order valence-corrected chi connectivity index (χ4v) is 4.07. The summed E-state index contributed by atoms with van der Waals surface area (Å²) in [5.41, 5.74) is 1.67. The maximum absolute atomic E-state index is 13.9. The summed E-state index contributed by atoms with van der Waals surface area (Å²) in [5.74, 6) is 0.237. The second-order valence-corrected chi connectivity index (χ2v) is 7.80. The fraction of sp³-hybridized carbons (Fsp3) is 0.458. The second-order valence-electron chi connectivity index (χ2n) is 7.80. The Balaban J connectivity index is 1.69. The van der Waals surface area contributed by atoms with Crippen molar-refractivity contribution in [2.75, 3.05) is 26.7 Å². The van der Waals surface area contributed by atoms with Crippen LogP contribution >= 0.6 is 0 Å². The lowest BCUT2D eigenvalue weighted by molar-refractivity contribution is -0.124. The minimum absolute atomic E-state index is 0.0508. The first-order valence-corrected chi connectivity index (χ1v) is 10.5. The molecule has 0 saturated carbocycles. The molecule has 1 N–H and O–H groups in total. The van der Waals surface area contributed by atoms with Gasteiger partial charge in [0, 0.05) is 18.0 Å². The average molecular weight is 399 g/mol. The zero-order valence-corrected chi connectivity index (χ0v) is 17.4. The molecule has 0 radical (unpaired) electrons. The summed E-state index contributed by atoms with van der Waals surface area (Å²) < 4.78 is 19.5. The van der Waals surface area contributed by atoms with Gasteiger partial charge in [0.1, 0.15) is 11.6 Å². The van der Waals surface area contributed by atoms with Crippen LogP contribution < -0.4 is 10.1 Å². The Morgan fingerprint density at radius 3 is 2.52 bits per heavy atom. The van der Waals surface area contributed by atoms with Crippen molar-refractivity contribution in [2.45, 2.75) is 38.6 Å². The Hall–Kier alpha value is -2.40. The van der Waals surface area contributed by atoms with E-state index in [4.69, 9.17) is 4.74 Å². The van der Waals surface area contributed by atoms with Gasteiger partial charge in [-0.2, -0.15) is 0 Å². The molecule has 0 bridgehead atoms. The third-order valence-corrected chi connectivity index (χ3v) is 5.73. The van der Waals surface area contributed by atoms with Gasteiger partial charge in [0.2, 0.25) is 5.91 Å². The maximum Gasteiger partial charge on any atom is 0.223 e. The highest BCUT2D eigenvalue weighted by molar-refractivity contribution is 5.78. The van der Waals surface area contributed by atoms with E-state index in [1.807, 2.05) is 25.1 Å². The summed E-state index contributed by atoms with van der Waals surface area (Å²) in [4.78, 5) is 15.2. The molecule has 156 valence electrons. The van der Waals surface area contributed by atoms with Crippen molar-refractivity contribution in [3.05, 3.63) is 65.5 Å². The molecule has 0 aromatic heterocycles. The normalized spacial score (nSPS) is 16.8. The van der Waals surface area contributed by atoms with E-state index in [-0.39, 0.29) is 23.7 Å². The van der Waals surface area contributed by atoms with E-state index in [1.165, 1.54) is 25.3 Å². The van der Waals surface area contributed by atoms with Crippen LogP contribution in [-0.2, 0) is 11.2 Å². The van der Waals surface area contributed by atoms with Gasteiger partial charge in [0.25, 0.3) is 0 Å². The SMILES string of the molecule is COc1ccccc1C(CNC(=O)C(C)Cc1ccccc1F)N1CCCCC1. The third-order valence-electron chi connectivity index (χ3n) is 5.73. The summed E-state index contributed by atoms with van der Waals surface area (Å²) in [5, 5.41) is 3.11. The Morgan fingerprint density at radius 1 is 1.10 bits per heavy atom. The van der Waals surface area contributed by atoms with Crippen LogP contribution in [0.2, 0.25) is 0 Å². The van der Waals surface area contributed by atoms with E-state index >= 15 is 0 Å². The summed E-state index contributed by atoms with van der Waals surface area (Å²) in [6, 6.07) is 14.7. The molecule has 1 amide bonds. The molecular weight excluding hydrogens is 367 g/mol. The highest BCUT2D eigenvalue weighted by Gasteiger charge is 2.26. The second kappa shape index (κ2) is 10.4. The van der Waals surface area contributed by atoms with Gasteiger partial charge < -0.3 is 10.1 Å². The van der Waals surface area contributed by atoms with Gasteiger partial charge in [0.15, 0.2) is 0 Å². The molecule has 5 heteroatoms. The molecule has 0 aliphatic carbocycles. The monoisotopic (exact) mass is 398 g/mol. The number of nitrogens with zero attached hydrogens (tertiary/aromatic N) is 1. The van der Waals surface area contributed by atoms with Crippen LogP contribution in [0.1, 0.15) is 43.4 Å². The molecule has 4 nitrogen and oxygen atoms in total. The molecule has 3 rings (SSSR count). The van der Waals surface area contributed by atoms with E-state index in [9.17, 15) is 9.18 Å². The van der Waals surface area contributed by atoms with Crippen LogP contribution in [0.4, 0.5) is 4.39 Å². The zero-order valence-electron chi connectivity index (χ0n) is 17.4. The number of hydrogen-bond donors (Lipinski definition) is 1. The standard InChI is InChI=1S/C24H31FN2O2/c1-18(16-19-10-4-6-12-21(19)25)24(28)26-17-22(27-14-8-3-9-15-27)20-11-5-7-13-23(20)29-2/h4-7,10-13,18,22H,3,8-9,14-17H2,1-2H3,(H,26,28). The summed E-state index contributed by atoms with van der Waals surface area (Å²) in [6.45, 7) is 4.40. The number of amides is 1. The van der Waals surface area contributed by atoms with E-state index in [1.54, 1.807) is 25.3 Å². The number of para-hydroxylation sites is 1. The molecule has 1 heterocycles. The molecule has 1 saturated heterocycles. The number of nitrogens with one attached hydrogen (secondary N) is 1. The number of hydrogen-bond acceptors (Lipinski definition) is 3. The van der Waals surface area contributed by atoms with Crippen molar-refractivity contribution in [1.29, 1.82) is 0 Å². The van der Waals surface area contributed by atoms with Crippen molar-refractivity contribution in [1.82, 2.24) is 10.2 Å². The van der Waals surface area contributed by atoms with Gasteiger partial charge in [-0.25, -0.2) is 4.39 Å². The molecule has 29 heavy (non-hydrogen) atoms. The lowest BCUT2D eigenvalue weighted by atomic mass is 9.98. The molecule has 0 spiro atoms. The van der Waals surface area contributed by atoms with Crippen molar-refractivity contribution >= 4 is 5.91 Å². The quantitative estimate of drug-likeness (QED) is 0.719. The Morgan fingerprint density at radius 2 is 1.79 bits per heavy atom. The van der Waals surface area contributed by atoms with Crippen LogP contribution in [-0.4, -0.2) is 37.6 Å². The minimum atomic E-state index is -0.299. The number of rotatable bonds is 8. The molecule has 2 atom stereocenters. The first kappa shape index (κ1) is 21.3. The van der Waals surface area contributed by atoms with Gasteiger partial charge >= 0.3 is 0 Å². The Bertz CT molecular complexity index is 805. The largest absolute Gasteiger partial charge is 0.496 e. The number of piperidine rings is 1. The van der Waals surface area contributed by atoms with Gasteiger partial charge in [-0.3, -0.25) is 9.69 Å². The van der Waals surface area contributed by atoms with Gasteiger partial charge in [-0.1, -0.05) is 49.7 Å². The highest BCUT2D eigenvalue weighted by atomic mass is 19.1. The van der Waals surface area contributed by atoms with E-state index in [0.717, 1.165) is 24.4 Å². The number of methoxy groups -OCH3 is 1. The summed E-state index contributed by atoms with van der Waals surface area (Å²) >= 11 is 0. The Kier molecular flexibility index (Phi) is 7.64. The minimum Gasteiger partial charge on any atom is -0.496 e. The third kappa shape index (κ3) is 5.57. The molecule has 1 aliphatic rings. The molecule has 1 aliphatic heterocycles. The van der Waals surface area contributed by atoms with Crippen LogP contribution in [0.25, 0.3) is 0 Å². The molecule has 2 aromatic carbocycles. The summed E-state index contributed by atoms with van der Waals surface area (Å²) in [6.07, 6.45) is 3.98. The highest BCUT2D eigenvalue weighted by Crippen LogP contribution is 2.31. The number of carbonyl (C=O) groups is 1. The molecular formula is C24H31FN2O2. The first-order chi connectivity index (χ1) is 14.1. The van der Waals surface area contributed by atoms with E-state index < -0.39 is 0 Å². The molecule has 1 fully saturated rings. The van der Waals surface area contributed by atoms with Crippen LogP contribution in [0.5, 0.6) is 5.75 Å². The number of halogens is 1. The molecule has 2 unspecified atom stereocenters. The maximum atomic E-state index is 13.9. The predicted molar refractivity (Wildman–Crippen MR) is 113 cm³/mol. The zero-order chi connectivity index (χ0) is 20.6. The number of carbonyl (C=O) groups excluding carboxylic acids is 1. The first-order valence-electron chi connectivity index (χ1n) is 10.5. The lowest BCUT2D eigenvalue weighted by Crippen LogP contribution is -2.42. The van der Waals surface area contributed by atoms with Crippen molar-refractivity contribution in [2.24, 2.45) is 5.92 Å².